The van der Waals surface area contributed by atoms with Crippen LogP contribution in [-0.2, 0) is 4.74 Å². The molecule has 1 aliphatic rings. The number of nitrogens with two attached hydrogens (primary N) is 1. The van der Waals surface area contributed by atoms with Crippen molar-refractivity contribution >= 4 is 5.91 Å². The van der Waals surface area contributed by atoms with Gasteiger partial charge in [0.2, 0.25) is 0 Å². The molecule has 18 heavy (non-hydrogen) atoms. The van der Waals surface area contributed by atoms with E-state index in [1.807, 2.05) is 13.8 Å². The lowest BCUT2D eigenvalue weighted by atomic mass is 10.0. The molecule has 98 valence electrons. The number of hydrogen-bond donors (Lipinski definition) is 1. The predicted octanol–water partition coefficient (Wildman–Crippen LogP) is 0.660. The molecule has 0 saturated carbocycles. The van der Waals surface area contributed by atoms with Crippen LogP contribution in [-0.4, -0.2) is 47.1 Å². The molecule has 2 N–H and O–H groups in total. The van der Waals surface area contributed by atoms with E-state index in [0.29, 0.717) is 25.2 Å². The molecular formula is C13H19N3O2. The second kappa shape index (κ2) is 5.04. The van der Waals surface area contributed by atoms with Crippen molar-refractivity contribution in [3.63, 3.8) is 0 Å². The molecule has 1 aromatic heterocycles. The highest BCUT2D eigenvalue weighted by Gasteiger charge is 2.35. The van der Waals surface area contributed by atoms with Crippen LogP contribution in [0.1, 0.15) is 24.2 Å². The number of nitrogens with zero attached hydrogens (tertiary/aromatic N) is 2. The van der Waals surface area contributed by atoms with E-state index in [9.17, 15) is 4.79 Å². The minimum atomic E-state index is -0.356. The van der Waals surface area contributed by atoms with Gasteiger partial charge in [-0.3, -0.25) is 9.78 Å². The van der Waals surface area contributed by atoms with E-state index in [1.165, 1.54) is 0 Å². The molecule has 1 aliphatic heterocycles. The third-order valence-corrected chi connectivity index (χ3v) is 2.96. The number of amides is 1. The lowest BCUT2D eigenvalue weighted by Gasteiger charge is -2.42. The van der Waals surface area contributed by atoms with Gasteiger partial charge in [-0.1, -0.05) is 0 Å². The number of morpholine rings is 1. The van der Waals surface area contributed by atoms with Crippen molar-refractivity contribution in [1.29, 1.82) is 0 Å². The first kappa shape index (κ1) is 13.0. The van der Waals surface area contributed by atoms with E-state index in [1.54, 1.807) is 29.4 Å². The summed E-state index contributed by atoms with van der Waals surface area (Å²) in [6, 6.07) is 3.45. The summed E-state index contributed by atoms with van der Waals surface area (Å²) in [6.45, 7) is 5.48. The number of ether oxygens (including phenoxy) is 1. The zero-order chi connectivity index (χ0) is 13.2. The van der Waals surface area contributed by atoms with Crippen molar-refractivity contribution in [2.24, 2.45) is 5.73 Å². The van der Waals surface area contributed by atoms with Crippen LogP contribution in [0.3, 0.4) is 0 Å². The number of hydrogen-bond acceptors (Lipinski definition) is 4. The molecule has 0 bridgehead atoms. The van der Waals surface area contributed by atoms with Crippen LogP contribution >= 0.6 is 0 Å². The molecule has 2 heterocycles. The van der Waals surface area contributed by atoms with E-state index >= 15 is 0 Å². The lowest BCUT2D eigenvalue weighted by Crippen LogP contribution is -2.56. The maximum Gasteiger partial charge on any atom is 0.254 e. The van der Waals surface area contributed by atoms with Crippen LogP contribution in [0.25, 0.3) is 0 Å². The molecule has 5 nitrogen and oxygen atoms in total. The fourth-order valence-corrected chi connectivity index (χ4v) is 2.25. The first-order valence-corrected chi connectivity index (χ1v) is 6.09. The average molecular weight is 249 g/mol. The summed E-state index contributed by atoms with van der Waals surface area (Å²) in [7, 11) is 0. The maximum absolute atomic E-state index is 12.4. The van der Waals surface area contributed by atoms with Crippen LogP contribution in [0, 0.1) is 0 Å². The smallest absolute Gasteiger partial charge is 0.254 e. The van der Waals surface area contributed by atoms with Gasteiger partial charge in [-0.05, 0) is 26.0 Å². The SMILES string of the molecule is CC1(C)CN(C(=O)c2ccncc2)CC(CN)O1. The molecule has 1 atom stereocenters. The summed E-state index contributed by atoms with van der Waals surface area (Å²) < 4.78 is 5.81. The molecule has 1 aromatic rings. The highest BCUT2D eigenvalue weighted by molar-refractivity contribution is 5.94. The van der Waals surface area contributed by atoms with Gasteiger partial charge < -0.3 is 15.4 Å². The predicted molar refractivity (Wildman–Crippen MR) is 68.1 cm³/mol. The zero-order valence-electron chi connectivity index (χ0n) is 10.8. The van der Waals surface area contributed by atoms with Gasteiger partial charge in [0.25, 0.3) is 5.91 Å². The second-order valence-corrected chi connectivity index (χ2v) is 5.16. The highest BCUT2D eigenvalue weighted by atomic mass is 16.5. The summed E-state index contributed by atoms with van der Waals surface area (Å²) in [5, 5.41) is 0. The van der Waals surface area contributed by atoms with Gasteiger partial charge >= 0.3 is 0 Å². The van der Waals surface area contributed by atoms with Crippen LogP contribution in [0.4, 0.5) is 0 Å². The Labute approximate surface area is 107 Å². The topological polar surface area (TPSA) is 68.5 Å². The summed E-state index contributed by atoms with van der Waals surface area (Å²) >= 11 is 0. The van der Waals surface area contributed by atoms with Crippen molar-refractivity contribution in [2.45, 2.75) is 25.6 Å². The normalized spacial score (nSPS) is 22.8. The van der Waals surface area contributed by atoms with Gasteiger partial charge in [-0.2, -0.15) is 0 Å². The third kappa shape index (κ3) is 2.86. The van der Waals surface area contributed by atoms with Crippen molar-refractivity contribution < 1.29 is 9.53 Å². The molecule has 0 spiro atoms. The van der Waals surface area contributed by atoms with E-state index in [4.69, 9.17) is 10.5 Å². The highest BCUT2D eigenvalue weighted by Crippen LogP contribution is 2.22. The Morgan fingerprint density at radius 2 is 2.22 bits per heavy atom. The lowest BCUT2D eigenvalue weighted by molar-refractivity contribution is -0.122. The number of pyridine rings is 1. The molecular weight excluding hydrogens is 230 g/mol. The van der Waals surface area contributed by atoms with Crippen LogP contribution in [0.15, 0.2) is 24.5 Å². The monoisotopic (exact) mass is 249 g/mol. The summed E-state index contributed by atoms with van der Waals surface area (Å²) in [5.74, 6) is 0.00669. The minimum Gasteiger partial charge on any atom is -0.367 e. The molecule has 2 rings (SSSR count). The number of aromatic nitrogens is 1. The molecule has 0 aromatic carbocycles. The first-order chi connectivity index (χ1) is 8.52. The Bertz CT molecular complexity index is 420. The van der Waals surface area contributed by atoms with Crippen molar-refractivity contribution in [3.8, 4) is 0 Å². The Hall–Kier alpha value is -1.46. The van der Waals surface area contributed by atoms with Gasteiger partial charge in [0, 0.05) is 37.6 Å². The standard InChI is InChI=1S/C13H19N3O2/c1-13(2)9-16(8-11(7-14)18-13)12(17)10-3-5-15-6-4-10/h3-6,11H,7-9,14H2,1-2H3. The summed E-state index contributed by atoms with van der Waals surface area (Å²) in [6.07, 6.45) is 3.15. The molecule has 1 fully saturated rings. The van der Waals surface area contributed by atoms with Gasteiger partial charge in [0.1, 0.15) is 0 Å². The number of carbonyl (C=O) groups excluding carboxylic acids is 1. The van der Waals surface area contributed by atoms with Gasteiger partial charge in [0.05, 0.1) is 11.7 Å². The van der Waals surface area contributed by atoms with Gasteiger partial charge in [-0.25, -0.2) is 0 Å². The summed E-state index contributed by atoms with van der Waals surface area (Å²) in [4.78, 5) is 18.1. The van der Waals surface area contributed by atoms with E-state index in [0.717, 1.165) is 0 Å². The Kier molecular flexibility index (Phi) is 3.63. The van der Waals surface area contributed by atoms with E-state index in [2.05, 4.69) is 4.98 Å². The van der Waals surface area contributed by atoms with Crippen LogP contribution in [0.5, 0.6) is 0 Å². The maximum atomic E-state index is 12.4. The average Bonchev–Trinajstić information content (AvgIpc) is 2.37. The molecule has 1 unspecified atom stereocenters. The van der Waals surface area contributed by atoms with Crippen molar-refractivity contribution in [2.75, 3.05) is 19.6 Å². The first-order valence-electron chi connectivity index (χ1n) is 6.09. The van der Waals surface area contributed by atoms with Crippen molar-refractivity contribution in [3.05, 3.63) is 30.1 Å². The Balaban J connectivity index is 2.15. The Morgan fingerprint density at radius 3 is 2.83 bits per heavy atom. The quantitative estimate of drug-likeness (QED) is 0.836. The summed E-state index contributed by atoms with van der Waals surface area (Å²) in [5.41, 5.74) is 5.95. The fraction of sp³-hybridized carbons (Fsp3) is 0.538. The zero-order valence-corrected chi connectivity index (χ0v) is 10.8. The van der Waals surface area contributed by atoms with Gasteiger partial charge in [-0.15, -0.1) is 0 Å². The fourth-order valence-electron chi connectivity index (χ4n) is 2.25. The molecule has 0 radical (unpaired) electrons. The Morgan fingerprint density at radius 1 is 1.56 bits per heavy atom. The van der Waals surface area contributed by atoms with Crippen molar-refractivity contribution in [1.82, 2.24) is 9.88 Å². The van der Waals surface area contributed by atoms with Gasteiger partial charge in [0.15, 0.2) is 0 Å². The molecule has 0 aliphatic carbocycles. The largest absolute Gasteiger partial charge is 0.367 e. The van der Waals surface area contributed by atoms with E-state index < -0.39 is 0 Å². The third-order valence-electron chi connectivity index (χ3n) is 2.96. The van der Waals surface area contributed by atoms with Crippen LogP contribution in [0.2, 0.25) is 0 Å². The number of rotatable bonds is 2. The van der Waals surface area contributed by atoms with Crippen LogP contribution < -0.4 is 5.73 Å². The minimum absolute atomic E-state index is 0.00669. The number of carbonyl (C=O) groups is 1. The second-order valence-electron chi connectivity index (χ2n) is 5.16. The van der Waals surface area contributed by atoms with E-state index in [-0.39, 0.29) is 17.6 Å². The molecule has 5 heteroatoms. The molecule has 1 saturated heterocycles. The molecule has 1 amide bonds.